The van der Waals surface area contributed by atoms with Gasteiger partial charge in [0.2, 0.25) is 0 Å². The van der Waals surface area contributed by atoms with E-state index in [1.807, 2.05) is 30.3 Å². The second kappa shape index (κ2) is 9.57. The molecule has 0 aliphatic heterocycles. The summed E-state index contributed by atoms with van der Waals surface area (Å²) in [6, 6.07) is 14.7. The fraction of sp³-hybridized carbons (Fsp3) is 0.350. The van der Waals surface area contributed by atoms with Gasteiger partial charge >= 0.3 is 0 Å². The second-order valence-corrected chi connectivity index (χ2v) is 6.02. The smallest absolute Gasteiger partial charge is 0.272 e. The third-order valence-electron chi connectivity index (χ3n) is 3.88. The fourth-order valence-electron chi connectivity index (χ4n) is 2.47. The molecular formula is C20H25N3O2. The van der Waals surface area contributed by atoms with Crippen molar-refractivity contribution in [1.82, 2.24) is 15.2 Å². The summed E-state index contributed by atoms with van der Waals surface area (Å²) in [7, 11) is 1.73. The van der Waals surface area contributed by atoms with Crippen LogP contribution in [0.25, 0.3) is 0 Å². The van der Waals surface area contributed by atoms with Crippen LogP contribution in [0.2, 0.25) is 0 Å². The van der Waals surface area contributed by atoms with E-state index < -0.39 is 0 Å². The molecule has 0 bridgehead atoms. The summed E-state index contributed by atoms with van der Waals surface area (Å²) < 4.78 is 0. The molecule has 25 heavy (non-hydrogen) atoms. The van der Waals surface area contributed by atoms with E-state index >= 15 is 0 Å². The minimum absolute atomic E-state index is 0.204. The molecule has 1 aromatic heterocycles. The lowest BCUT2D eigenvalue weighted by atomic mass is 10.2. The van der Waals surface area contributed by atoms with Crippen molar-refractivity contribution in [3.63, 3.8) is 0 Å². The van der Waals surface area contributed by atoms with Crippen molar-refractivity contribution in [3.05, 3.63) is 65.5 Å². The summed E-state index contributed by atoms with van der Waals surface area (Å²) in [5.74, 6) is -0.444. The number of benzene rings is 1. The van der Waals surface area contributed by atoms with E-state index in [0.717, 1.165) is 24.8 Å². The molecule has 1 heterocycles. The first-order chi connectivity index (χ1) is 12.1. The van der Waals surface area contributed by atoms with Gasteiger partial charge in [-0.2, -0.15) is 0 Å². The van der Waals surface area contributed by atoms with Gasteiger partial charge < -0.3 is 10.2 Å². The van der Waals surface area contributed by atoms with Gasteiger partial charge in [0.05, 0.1) is 0 Å². The molecule has 0 spiro atoms. The van der Waals surface area contributed by atoms with Crippen LogP contribution in [-0.2, 0) is 6.54 Å². The first-order valence-electron chi connectivity index (χ1n) is 8.66. The molecule has 1 N–H and O–H groups in total. The minimum Gasteiger partial charge on any atom is -0.351 e. The largest absolute Gasteiger partial charge is 0.351 e. The average molecular weight is 339 g/mol. The number of hydrogen-bond acceptors (Lipinski definition) is 3. The Kier molecular flexibility index (Phi) is 7.14. The van der Waals surface area contributed by atoms with Gasteiger partial charge in [-0.15, -0.1) is 0 Å². The van der Waals surface area contributed by atoms with Gasteiger partial charge in [-0.05, 0) is 24.1 Å². The summed E-state index contributed by atoms with van der Waals surface area (Å²) in [6.45, 7) is 3.24. The highest BCUT2D eigenvalue weighted by atomic mass is 16.2. The van der Waals surface area contributed by atoms with Crippen molar-refractivity contribution in [3.8, 4) is 0 Å². The van der Waals surface area contributed by atoms with Gasteiger partial charge in [0.25, 0.3) is 11.8 Å². The lowest BCUT2D eigenvalue weighted by molar-refractivity contribution is 0.0779. The maximum absolute atomic E-state index is 12.6. The summed E-state index contributed by atoms with van der Waals surface area (Å²) >= 11 is 0. The van der Waals surface area contributed by atoms with Gasteiger partial charge in [-0.25, -0.2) is 4.98 Å². The highest BCUT2D eigenvalue weighted by Crippen LogP contribution is 2.08. The number of unbranched alkanes of at least 4 members (excludes halogenated alkanes) is 2. The Hall–Kier alpha value is -2.69. The molecule has 0 unspecified atom stereocenters. The second-order valence-electron chi connectivity index (χ2n) is 6.02. The highest BCUT2D eigenvalue weighted by molar-refractivity contribution is 5.96. The standard InChI is InChI=1S/C20H25N3O2/c1-3-4-8-14-21-19(24)17-12-9-13-18(22-17)20(25)23(2)15-16-10-6-5-7-11-16/h5-7,9-13H,3-4,8,14-15H2,1-2H3,(H,21,24). The Morgan fingerprint density at radius 1 is 1.00 bits per heavy atom. The summed E-state index contributed by atoms with van der Waals surface area (Å²) in [4.78, 5) is 30.5. The third-order valence-corrected chi connectivity index (χ3v) is 3.88. The molecule has 0 aliphatic carbocycles. The predicted octanol–water partition coefficient (Wildman–Crippen LogP) is 3.27. The summed E-state index contributed by atoms with van der Waals surface area (Å²) in [5.41, 5.74) is 1.60. The van der Waals surface area contributed by atoms with Crippen molar-refractivity contribution < 1.29 is 9.59 Å². The number of aromatic nitrogens is 1. The molecule has 2 rings (SSSR count). The van der Waals surface area contributed by atoms with Crippen LogP contribution >= 0.6 is 0 Å². The molecule has 2 aromatic rings. The van der Waals surface area contributed by atoms with Gasteiger partial charge in [0.1, 0.15) is 11.4 Å². The Balaban J connectivity index is 1.99. The van der Waals surface area contributed by atoms with Crippen LogP contribution in [0.3, 0.4) is 0 Å². The first-order valence-corrected chi connectivity index (χ1v) is 8.66. The number of amides is 2. The SMILES string of the molecule is CCCCCNC(=O)c1cccc(C(=O)N(C)Cc2ccccc2)n1. The van der Waals surface area contributed by atoms with E-state index in [2.05, 4.69) is 17.2 Å². The van der Waals surface area contributed by atoms with Crippen LogP contribution in [0.1, 0.15) is 52.7 Å². The molecular weight excluding hydrogens is 314 g/mol. The fourth-order valence-corrected chi connectivity index (χ4v) is 2.47. The molecule has 5 nitrogen and oxygen atoms in total. The Labute approximate surface area is 149 Å². The lowest BCUT2D eigenvalue weighted by Crippen LogP contribution is -2.29. The van der Waals surface area contributed by atoms with E-state index in [1.54, 1.807) is 30.1 Å². The summed E-state index contributed by atoms with van der Waals surface area (Å²) in [6.07, 6.45) is 3.13. The molecule has 0 saturated heterocycles. The van der Waals surface area contributed by atoms with E-state index in [-0.39, 0.29) is 23.2 Å². The number of nitrogens with one attached hydrogen (secondary N) is 1. The molecule has 2 amide bonds. The Morgan fingerprint density at radius 3 is 2.44 bits per heavy atom. The maximum Gasteiger partial charge on any atom is 0.272 e. The van der Waals surface area contributed by atoms with Gasteiger partial charge in [0.15, 0.2) is 0 Å². The Bertz CT molecular complexity index is 701. The summed E-state index contributed by atoms with van der Waals surface area (Å²) in [5, 5.41) is 2.84. The zero-order valence-corrected chi connectivity index (χ0v) is 14.9. The lowest BCUT2D eigenvalue weighted by Gasteiger charge is -2.17. The predicted molar refractivity (Wildman–Crippen MR) is 98.3 cm³/mol. The van der Waals surface area contributed by atoms with Crippen LogP contribution in [0.5, 0.6) is 0 Å². The quantitative estimate of drug-likeness (QED) is 0.751. The van der Waals surface area contributed by atoms with Gasteiger partial charge in [-0.1, -0.05) is 56.2 Å². The zero-order chi connectivity index (χ0) is 18.1. The number of carbonyl (C=O) groups excluding carboxylic acids is 2. The van der Waals surface area contributed by atoms with Crippen molar-refractivity contribution in [2.24, 2.45) is 0 Å². The first kappa shape index (κ1) is 18.6. The molecule has 0 radical (unpaired) electrons. The topological polar surface area (TPSA) is 62.3 Å². The normalized spacial score (nSPS) is 10.3. The molecule has 0 saturated carbocycles. The maximum atomic E-state index is 12.6. The van der Waals surface area contributed by atoms with Crippen LogP contribution in [-0.4, -0.2) is 35.3 Å². The van der Waals surface area contributed by atoms with Gasteiger partial charge in [-0.3, -0.25) is 9.59 Å². The van der Waals surface area contributed by atoms with Crippen LogP contribution in [0.15, 0.2) is 48.5 Å². The van der Waals surface area contributed by atoms with E-state index in [0.29, 0.717) is 13.1 Å². The van der Waals surface area contributed by atoms with E-state index in [1.165, 1.54) is 0 Å². The third kappa shape index (κ3) is 5.71. The monoisotopic (exact) mass is 339 g/mol. The molecule has 1 aromatic carbocycles. The minimum atomic E-state index is -0.239. The molecule has 132 valence electrons. The Morgan fingerprint density at radius 2 is 1.72 bits per heavy atom. The molecule has 5 heteroatoms. The van der Waals surface area contributed by atoms with Gasteiger partial charge in [0, 0.05) is 20.1 Å². The van der Waals surface area contributed by atoms with Crippen LogP contribution < -0.4 is 5.32 Å². The van der Waals surface area contributed by atoms with Crippen LogP contribution in [0, 0.1) is 0 Å². The molecule has 0 aliphatic rings. The highest BCUT2D eigenvalue weighted by Gasteiger charge is 2.16. The average Bonchev–Trinajstić information content (AvgIpc) is 2.65. The van der Waals surface area contributed by atoms with Crippen molar-refractivity contribution >= 4 is 11.8 Å². The van der Waals surface area contributed by atoms with Crippen molar-refractivity contribution in [1.29, 1.82) is 0 Å². The van der Waals surface area contributed by atoms with E-state index in [9.17, 15) is 9.59 Å². The number of carbonyl (C=O) groups is 2. The van der Waals surface area contributed by atoms with Crippen LogP contribution in [0.4, 0.5) is 0 Å². The van der Waals surface area contributed by atoms with Crippen molar-refractivity contribution in [2.45, 2.75) is 32.7 Å². The number of hydrogen-bond donors (Lipinski definition) is 1. The zero-order valence-electron chi connectivity index (χ0n) is 14.9. The number of rotatable bonds is 8. The van der Waals surface area contributed by atoms with E-state index in [4.69, 9.17) is 0 Å². The van der Waals surface area contributed by atoms with Crippen molar-refractivity contribution in [2.75, 3.05) is 13.6 Å². The number of nitrogens with zero attached hydrogens (tertiary/aromatic N) is 2. The molecule has 0 fully saturated rings. The molecule has 0 atom stereocenters. The number of pyridine rings is 1.